The molecule has 0 aromatic rings. The molecular weight excluding hydrogens is 170 g/mol. The van der Waals surface area contributed by atoms with E-state index >= 15 is 0 Å². The van der Waals surface area contributed by atoms with Crippen molar-refractivity contribution in [1.82, 2.24) is 5.32 Å². The molecule has 1 nitrogen and oxygen atoms in total. The van der Waals surface area contributed by atoms with E-state index in [0.29, 0.717) is 0 Å². The first-order chi connectivity index (χ1) is 6.72. The maximum atomic E-state index is 3.30. The highest BCUT2D eigenvalue weighted by molar-refractivity contribution is 4.65. The van der Waals surface area contributed by atoms with E-state index in [1.165, 1.54) is 45.1 Å². The first kappa shape index (κ1) is 14.0. The molecule has 1 heteroatoms. The second kappa shape index (κ2) is 9.51. The Kier molecular flexibility index (Phi) is 9.49. The summed E-state index contributed by atoms with van der Waals surface area (Å²) in [6, 6.07) is 0. The van der Waals surface area contributed by atoms with Gasteiger partial charge < -0.3 is 5.32 Å². The Hall–Kier alpha value is -0.0400. The number of hydrogen-bond acceptors (Lipinski definition) is 1. The van der Waals surface area contributed by atoms with Crippen LogP contribution in [0.15, 0.2) is 0 Å². The third kappa shape index (κ3) is 7.37. The van der Waals surface area contributed by atoms with Crippen molar-refractivity contribution in [3.8, 4) is 0 Å². The lowest BCUT2D eigenvalue weighted by Gasteiger charge is -2.20. The Balaban J connectivity index is 3.41. The monoisotopic (exact) mass is 199 g/mol. The molecule has 1 unspecified atom stereocenters. The fraction of sp³-hybridized carbons (Fsp3) is 1.00. The fourth-order valence-corrected chi connectivity index (χ4v) is 1.94. The molecule has 0 saturated heterocycles. The van der Waals surface area contributed by atoms with Crippen LogP contribution in [0.4, 0.5) is 0 Å². The van der Waals surface area contributed by atoms with Gasteiger partial charge >= 0.3 is 0 Å². The maximum Gasteiger partial charge on any atom is -0.00211 e. The second-order valence-electron chi connectivity index (χ2n) is 4.76. The zero-order valence-electron chi connectivity index (χ0n) is 10.6. The first-order valence-corrected chi connectivity index (χ1v) is 6.37. The van der Waals surface area contributed by atoms with Crippen LogP contribution in [-0.4, -0.2) is 13.6 Å². The average Bonchev–Trinajstić information content (AvgIpc) is 2.15. The summed E-state index contributed by atoms with van der Waals surface area (Å²) in [5.74, 6) is 1.70. The normalized spacial score (nSPS) is 13.5. The van der Waals surface area contributed by atoms with E-state index in [9.17, 15) is 0 Å². The molecule has 0 aliphatic rings. The molecular formula is C13H29N. The molecule has 0 aromatic carbocycles. The molecule has 0 radical (unpaired) electrons. The van der Waals surface area contributed by atoms with Crippen molar-refractivity contribution >= 4 is 0 Å². The predicted octanol–water partition coefficient (Wildman–Crippen LogP) is 3.84. The van der Waals surface area contributed by atoms with Crippen LogP contribution in [0.1, 0.15) is 59.3 Å². The van der Waals surface area contributed by atoms with Gasteiger partial charge in [0.25, 0.3) is 0 Å². The molecule has 0 bridgehead atoms. The van der Waals surface area contributed by atoms with Crippen molar-refractivity contribution in [1.29, 1.82) is 0 Å². The van der Waals surface area contributed by atoms with Gasteiger partial charge in [-0.2, -0.15) is 0 Å². The summed E-state index contributed by atoms with van der Waals surface area (Å²) in [5.41, 5.74) is 0. The Labute approximate surface area is 90.7 Å². The molecule has 0 fully saturated rings. The van der Waals surface area contributed by atoms with Crippen molar-refractivity contribution in [3.63, 3.8) is 0 Å². The summed E-state index contributed by atoms with van der Waals surface area (Å²) >= 11 is 0. The van der Waals surface area contributed by atoms with Crippen molar-refractivity contribution in [2.24, 2.45) is 11.8 Å². The van der Waals surface area contributed by atoms with Crippen molar-refractivity contribution in [2.45, 2.75) is 59.3 Å². The number of unbranched alkanes of at least 4 members (excludes halogenated alkanes) is 4. The number of hydrogen-bond donors (Lipinski definition) is 1. The highest BCUT2D eigenvalue weighted by atomic mass is 14.8. The topological polar surface area (TPSA) is 12.0 Å². The van der Waals surface area contributed by atoms with Crippen LogP contribution in [0.25, 0.3) is 0 Å². The Morgan fingerprint density at radius 3 is 2.14 bits per heavy atom. The lowest BCUT2D eigenvalue weighted by Crippen LogP contribution is -2.23. The van der Waals surface area contributed by atoms with Crippen molar-refractivity contribution in [3.05, 3.63) is 0 Å². The third-order valence-electron chi connectivity index (χ3n) is 3.09. The van der Waals surface area contributed by atoms with Crippen molar-refractivity contribution in [2.75, 3.05) is 13.6 Å². The van der Waals surface area contributed by atoms with E-state index in [1.54, 1.807) is 0 Å². The van der Waals surface area contributed by atoms with Gasteiger partial charge in [0.1, 0.15) is 0 Å². The molecule has 0 aromatic heterocycles. The van der Waals surface area contributed by atoms with Gasteiger partial charge in [0, 0.05) is 0 Å². The van der Waals surface area contributed by atoms with E-state index < -0.39 is 0 Å². The summed E-state index contributed by atoms with van der Waals surface area (Å²) in [5, 5.41) is 3.30. The van der Waals surface area contributed by atoms with Crippen molar-refractivity contribution < 1.29 is 0 Å². The number of nitrogens with one attached hydrogen (secondary N) is 1. The smallest absolute Gasteiger partial charge is 0.00211 e. The SMILES string of the molecule is CCCCCCCC(CNC)C(C)C. The van der Waals surface area contributed by atoms with Gasteiger partial charge in [0.15, 0.2) is 0 Å². The van der Waals surface area contributed by atoms with Gasteiger partial charge in [0.05, 0.1) is 0 Å². The van der Waals surface area contributed by atoms with E-state index in [4.69, 9.17) is 0 Å². The summed E-state index contributed by atoms with van der Waals surface area (Å²) in [6.07, 6.45) is 8.46. The minimum absolute atomic E-state index is 0.827. The average molecular weight is 199 g/mol. The zero-order valence-corrected chi connectivity index (χ0v) is 10.6. The Bertz CT molecular complexity index is 110. The van der Waals surface area contributed by atoms with Crippen LogP contribution in [0, 0.1) is 11.8 Å². The standard InChI is InChI=1S/C13H29N/c1-5-6-7-8-9-10-13(11-14-4)12(2)3/h12-14H,5-11H2,1-4H3. The minimum Gasteiger partial charge on any atom is -0.319 e. The lowest BCUT2D eigenvalue weighted by molar-refractivity contribution is 0.336. The number of rotatable bonds is 9. The summed E-state index contributed by atoms with van der Waals surface area (Å²) < 4.78 is 0. The minimum atomic E-state index is 0.827. The molecule has 86 valence electrons. The summed E-state index contributed by atoms with van der Waals surface area (Å²) in [6.45, 7) is 8.14. The van der Waals surface area contributed by atoms with E-state index in [1.807, 2.05) is 0 Å². The second-order valence-corrected chi connectivity index (χ2v) is 4.76. The molecule has 1 N–H and O–H groups in total. The van der Waals surface area contributed by atoms with E-state index in [-0.39, 0.29) is 0 Å². The summed E-state index contributed by atoms with van der Waals surface area (Å²) in [4.78, 5) is 0. The van der Waals surface area contributed by atoms with Crippen LogP contribution in [-0.2, 0) is 0 Å². The van der Waals surface area contributed by atoms with Crippen LogP contribution >= 0.6 is 0 Å². The molecule has 0 saturated carbocycles. The maximum absolute atomic E-state index is 3.30. The lowest BCUT2D eigenvalue weighted by atomic mass is 9.90. The highest BCUT2D eigenvalue weighted by Crippen LogP contribution is 2.18. The molecule has 0 aliphatic carbocycles. The van der Waals surface area contributed by atoms with Crippen LogP contribution < -0.4 is 5.32 Å². The van der Waals surface area contributed by atoms with E-state index in [2.05, 4.69) is 33.1 Å². The van der Waals surface area contributed by atoms with Gasteiger partial charge in [0.2, 0.25) is 0 Å². The molecule has 0 aliphatic heterocycles. The zero-order chi connectivity index (χ0) is 10.8. The molecule has 0 amide bonds. The van der Waals surface area contributed by atoms with Gasteiger partial charge in [-0.3, -0.25) is 0 Å². The van der Waals surface area contributed by atoms with Gasteiger partial charge in [-0.25, -0.2) is 0 Å². The highest BCUT2D eigenvalue weighted by Gasteiger charge is 2.11. The van der Waals surface area contributed by atoms with Gasteiger partial charge in [-0.05, 0) is 31.8 Å². The van der Waals surface area contributed by atoms with E-state index in [0.717, 1.165) is 11.8 Å². The van der Waals surface area contributed by atoms with Gasteiger partial charge in [-0.1, -0.05) is 52.9 Å². The van der Waals surface area contributed by atoms with Crippen LogP contribution in [0.3, 0.4) is 0 Å². The summed E-state index contributed by atoms with van der Waals surface area (Å²) in [7, 11) is 2.06. The Morgan fingerprint density at radius 1 is 1.00 bits per heavy atom. The van der Waals surface area contributed by atoms with Gasteiger partial charge in [-0.15, -0.1) is 0 Å². The van der Waals surface area contributed by atoms with Crippen LogP contribution in [0.2, 0.25) is 0 Å². The quantitative estimate of drug-likeness (QED) is 0.556. The third-order valence-corrected chi connectivity index (χ3v) is 3.09. The molecule has 14 heavy (non-hydrogen) atoms. The molecule has 0 spiro atoms. The molecule has 0 heterocycles. The fourth-order valence-electron chi connectivity index (χ4n) is 1.94. The largest absolute Gasteiger partial charge is 0.319 e. The molecule has 0 rings (SSSR count). The van der Waals surface area contributed by atoms with Crippen LogP contribution in [0.5, 0.6) is 0 Å². The molecule has 1 atom stereocenters. The first-order valence-electron chi connectivity index (χ1n) is 6.37. The Morgan fingerprint density at radius 2 is 1.64 bits per heavy atom. The predicted molar refractivity (Wildman–Crippen MR) is 65.6 cm³/mol.